The van der Waals surface area contributed by atoms with E-state index in [2.05, 4.69) is 46.4 Å². The number of imidazole rings is 1. The second kappa shape index (κ2) is 12.2. The van der Waals surface area contributed by atoms with Gasteiger partial charge in [0.25, 0.3) is 0 Å². The molecule has 0 saturated heterocycles. The Hall–Kier alpha value is -0.371. The molecule has 0 aliphatic rings. The van der Waals surface area contributed by atoms with Gasteiger partial charge < -0.3 is 0 Å². The standard InChI is InChI=1S/C7H6N5S2.3C4H9.Sn/c8-11-10-1-3-13-6-7-12(5-9-6)2-4-14-7;3*1-3-4-2;/h2,5H,1,3H2;3*1,3-4H2,2H3;. The molecule has 2 rings (SSSR count). The molecule has 0 atom stereocenters. The van der Waals surface area contributed by atoms with E-state index in [1.54, 1.807) is 14.7 Å². The Balaban J connectivity index is 2.30. The third kappa shape index (κ3) is 6.31. The topological polar surface area (TPSA) is 66.1 Å². The van der Waals surface area contributed by atoms with E-state index < -0.39 is 18.4 Å². The Morgan fingerprint density at radius 1 is 1.15 bits per heavy atom. The molecule has 0 aliphatic carbocycles. The molecule has 0 aromatic carbocycles. The van der Waals surface area contributed by atoms with Crippen LogP contribution in [0.25, 0.3) is 15.3 Å². The summed E-state index contributed by atoms with van der Waals surface area (Å²) in [4.78, 5) is 8.72. The van der Waals surface area contributed by atoms with Crippen molar-refractivity contribution in [3.05, 3.63) is 23.0 Å². The van der Waals surface area contributed by atoms with Gasteiger partial charge in [-0.1, -0.05) is 0 Å². The van der Waals surface area contributed by atoms with Crippen LogP contribution in [0, 0.1) is 0 Å². The zero-order valence-electron chi connectivity index (χ0n) is 17.0. The fourth-order valence-corrected chi connectivity index (χ4v) is 24.6. The van der Waals surface area contributed by atoms with E-state index in [0.717, 1.165) is 10.8 Å². The van der Waals surface area contributed by atoms with Crippen LogP contribution in [0.4, 0.5) is 0 Å². The summed E-state index contributed by atoms with van der Waals surface area (Å²) < 4.78 is 8.50. The minimum absolute atomic E-state index is 0.519. The number of nitrogens with zero attached hydrogens (tertiary/aromatic N) is 5. The monoisotopic (exact) mass is 515 g/mol. The molecule has 0 aliphatic heterocycles. The number of rotatable bonds is 14. The SMILES string of the molecule is CCC[CH2][Sn]([CH2]CCC)([CH2]CCC)[c]1cn2cnc(SCCN=[N+]=[N-])c2s1. The molecule has 8 heteroatoms. The molecule has 2 aromatic heterocycles. The molecule has 0 bridgehead atoms. The Kier molecular flexibility index (Phi) is 10.4. The molecule has 2 aromatic rings. The molecule has 0 spiro atoms. The van der Waals surface area contributed by atoms with Gasteiger partial charge in [0.1, 0.15) is 0 Å². The van der Waals surface area contributed by atoms with Crippen molar-refractivity contribution in [2.75, 3.05) is 12.3 Å². The molecule has 0 fully saturated rings. The number of azide groups is 1. The first-order valence-electron chi connectivity index (χ1n) is 10.3. The van der Waals surface area contributed by atoms with Crippen molar-refractivity contribution in [1.29, 1.82) is 0 Å². The van der Waals surface area contributed by atoms with Gasteiger partial charge in [0.2, 0.25) is 0 Å². The molecule has 27 heavy (non-hydrogen) atoms. The van der Waals surface area contributed by atoms with Crippen LogP contribution in [-0.4, -0.2) is 40.1 Å². The second-order valence-electron chi connectivity index (χ2n) is 7.25. The number of aromatic nitrogens is 2. The van der Waals surface area contributed by atoms with Crippen molar-refractivity contribution in [3.8, 4) is 0 Å². The Morgan fingerprint density at radius 3 is 2.33 bits per heavy atom. The Labute approximate surface area is 175 Å². The summed E-state index contributed by atoms with van der Waals surface area (Å²) in [5.74, 6) is 0.792. The quantitative estimate of drug-likeness (QED) is 0.0691. The van der Waals surface area contributed by atoms with Gasteiger partial charge >= 0.3 is 177 Å². The Bertz CT molecular complexity index is 714. The van der Waals surface area contributed by atoms with Crippen LogP contribution in [0.1, 0.15) is 59.3 Å². The van der Waals surface area contributed by atoms with Crippen molar-refractivity contribution in [2.45, 2.75) is 77.6 Å². The summed E-state index contributed by atoms with van der Waals surface area (Å²) in [6.07, 6.45) is 12.5. The molecule has 5 nitrogen and oxygen atoms in total. The van der Waals surface area contributed by atoms with Crippen molar-refractivity contribution in [3.63, 3.8) is 0 Å². The van der Waals surface area contributed by atoms with Crippen LogP contribution >= 0.6 is 23.1 Å². The van der Waals surface area contributed by atoms with Crippen molar-refractivity contribution in [1.82, 2.24) is 9.38 Å². The van der Waals surface area contributed by atoms with Crippen molar-refractivity contribution in [2.24, 2.45) is 5.11 Å². The molecule has 150 valence electrons. The van der Waals surface area contributed by atoms with Crippen LogP contribution in [0.15, 0.2) is 22.7 Å². The molecule has 0 N–H and O–H groups in total. The molecule has 0 radical (unpaired) electrons. The van der Waals surface area contributed by atoms with Crippen LogP contribution in [0.5, 0.6) is 0 Å². The van der Waals surface area contributed by atoms with Gasteiger partial charge in [0.05, 0.1) is 0 Å². The first-order valence-corrected chi connectivity index (χ1v) is 19.6. The summed E-state index contributed by atoms with van der Waals surface area (Å²) in [6.45, 7) is 7.51. The van der Waals surface area contributed by atoms with Crippen molar-refractivity contribution >= 4 is 49.2 Å². The van der Waals surface area contributed by atoms with Crippen LogP contribution in [0.2, 0.25) is 13.3 Å². The molecule has 0 unspecified atom stereocenters. The van der Waals surface area contributed by atoms with Crippen LogP contribution in [-0.2, 0) is 0 Å². The molecule has 2 heterocycles. The third-order valence-electron chi connectivity index (χ3n) is 5.22. The first kappa shape index (κ1) is 22.9. The minimum atomic E-state index is -2.36. The molecular formula is C19H33N5S2Sn. The number of thioether (sulfide) groups is 1. The summed E-state index contributed by atoms with van der Waals surface area (Å²) in [5, 5.41) is 4.73. The van der Waals surface area contributed by atoms with Gasteiger partial charge in [-0.15, -0.1) is 0 Å². The van der Waals surface area contributed by atoms with E-state index in [1.165, 1.54) is 56.7 Å². The van der Waals surface area contributed by atoms with E-state index in [0.29, 0.717) is 6.54 Å². The fraction of sp³-hybridized carbons (Fsp3) is 0.737. The van der Waals surface area contributed by atoms with E-state index in [9.17, 15) is 0 Å². The Morgan fingerprint density at radius 2 is 1.78 bits per heavy atom. The zero-order chi connectivity index (χ0) is 19.5. The zero-order valence-corrected chi connectivity index (χ0v) is 21.5. The number of fused-ring (bicyclic) bond motifs is 1. The summed E-state index contributed by atoms with van der Waals surface area (Å²) in [7, 11) is 0. The van der Waals surface area contributed by atoms with E-state index in [1.807, 2.05) is 17.7 Å². The maximum atomic E-state index is 8.44. The number of hydrogen-bond acceptors (Lipinski definition) is 4. The average Bonchev–Trinajstić information content (AvgIpc) is 3.27. The summed E-state index contributed by atoms with van der Waals surface area (Å²) in [6, 6.07) is 0. The first-order chi connectivity index (χ1) is 13.2. The van der Waals surface area contributed by atoms with Crippen molar-refractivity contribution < 1.29 is 0 Å². The van der Waals surface area contributed by atoms with Gasteiger partial charge in [0.15, 0.2) is 0 Å². The van der Waals surface area contributed by atoms with Gasteiger partial charge in [-0.3, -0.25) is 0 Å². The van der Waals surface area contributed by atoms with Gasteiger partial charge in [0, 0.05) is 0 Å². The summed E-state index contributed by atoms with van der Waals surface area (Å²) >= 11 is 1.37. The number of unbranched alkanes of at least 4 members (excludes halogenated alkanes) is 3. The third-order valence-corrected chi connectivity index (χ3v) is 25.6. The molecule has 0 saturated carbocycles. The maximum absolute atomic E-state index is 8.44. The number of hydrogen-bond donors (Lipinski definition) is 0. The van der Waals surface area contributed by atoms with Gasteiger partial charge in [-0.2, -0.15) is 0 Å². The van der Waals surface area contributed by atoms with E-state index >= 15 is 0 Å². The molecule has 0 amide bonds. The number of thiazole rings is 1. The van der Waals surface area contributed by atoms with Gasteiger partial charge in [-0.05, 0) is 0 Å². The van der Waals surface area contributed by atoms with E-state index in [-0.39, 0.29) is 0 Å². The van der Waals surface area contributed by atoms with Crippen LogP contribution in [0.3, 0.4) is 0 Å². The predicted molar refractivity (Wildman–Crippen MR) is 122 cm³/mol. The van der Waals surface area contributed by atoms with Crippen LogP contribution < -0.4 is 2.89 Å². The normalized spacial score (nSPS) is 11.8. The fourth-order valence-electron chi connectivity index (χ4n) is 3.64. The van der Waals surface area contributed by atoms with Gasteiger partial charge in [-0.25, -0.2) is 0 Å². The summed E-state index contributed by atoms with van der Waals surface area (Å²) in [5.41, 5.74) is 8.44. The average molecular weight is 514 g/mol. The van der Waals surface area contributed by atoms with E-state index in [4.69, 9.17) is 5.53 Å². The molecular weight excluding hydrogens is 481 g/mol. The second-order valence-corrected chi connectivity index (χ2v) is 23.5. The predicted octanol–water partition coefficient (Wildman–Crippen LogP) is 6.85.